The van der Waals surface area contributed by atoms with Gasteiger partial charge in [-0.2, -0.15) is 0 Å². The third kappa shape index (κ3) is 1.27. The lowest BCUT2D eigenvalue weighted by molar-refractivity contribution is -0.148. The van der Waals surface area contributed by atoms with Crippen molar-refractivity contribution in [3.05, 3.63) is 11.1 Å². The zero-order valence-electron chi connectivity index (χ0n) is 14.6. The first-order valence-electron chi connectivity index (χ1n) is 8.92. The van der Waals surface area contributed by atoms with Gasteiger partial charge >= 0.3 is 0 Å². The predicted molar refractivity (Wildman–Crippen MR) is 86.3 cm³/mol. The topological polar surface area (TPSA) is 34.1 Å². The number of hydrogen-bond acceptors (Lipinski definition) is 2. The van der Waals surface area contributed by atoms with Crippen molar-refractivity contribution in [2.45, 2.75) is 66.7 Å². The number of carbonyl (C=O) groups is 2. The highest BCUT2D eigenvalue weighted by Gasteiger charge is 2.73. The van der Waals surface area contributed by atoms with Crippen molar-refractivity contribution in [3.63, 3.8) is 0 Å². The molecule has 0 aliphatic heterocycles. The SMILES string of the molecule is CC1=C2CC(=O)C2(C)C2C[C@H]3C(=O)CC(C)[C@]2(CC1)C3(C)C. The minimum absolute atomic E-state index is 0.0288. The Morgan fingerprint density at radius 2 is 1.82 bits per heavy atom. The van der Waals surface area contributed by atoms with E-state index in [1.807, 2.05) is 0 Å². The molecule has 2 heteroatoms. The molecular formula is C20H28O2. The van der Waals surface area contributed by atoms with E-state index in [-0.39, 0.29) is 22.2 Å². The van der Waals surface area contributed by atoms with Gasteiger partial charge in [-0.15, -0.1) is 0 Å². The molecule has 0 radical (unpaired) electrons. The number of carbonyl (C=O) groups excluding carboxylic acids is 2. The van der Waals surface area contributed by atoms with Gasteiger partial charge in [-0.3, -0.25) is 9.59 Å². The van der Waals surface area contributed by atoms with E-state index in [4.69, 9.17) is 0 Å². The van der Waals surface area contributed by atoms with Gasteiger partial charge in [-0.25, -0.2) is 0 Å². The second-order valence-corrected chi connectivity index (χ2v) is 9.24. The lowest BCUT2D eigenvalue weighted by atomic mass is 9.45. The summed E-state index contributed by atoms with van der Waals surface area (Å²) in [6.45, 7) is 11.3. The molecule has 0 heterocycles. The molecule has 0 aromatic heterocycles. The van der Waals surface area contributed by atoms with Crippen LogP contribution in [-0.4, -0.2) is 11.6 Å². The Morgan fingerprint density at radius 1 is 1.14 bits per heavy atom. The van der Waals surface area contributed by atoms with Crippen LogP contribution in [0.15, 0.2) is 11.1 Å². The Hall–Kier alpha value is -0.920. The summed E-state index contributed by atoms with van der Waals surface area (Å²) in [6.07, 6.45) is 4.61. The monoisotopic (exact) mass is 300 g/mol. The number of fused-ring (bicyclic) bond motifs is 3. The first-order chi connectivity index (χ1) is 10.2. The van der Waals surface area contributed by atoms with Crippen LogP contribution in [0.25, 0.3) is 0 Å². The largest absolute Gasteiger partial charge is 0.299 e. The van der Waals surface area contributed by atoms with E-state index < -0.39 is 0 Å². The summed E-state index contributed by atoms with van der Waals surface area (Å²) in [7, 11) is 0. The summed E-state index contributed by atoms with van der Waals surface area (Å²) in [5.74, 6) is 1.81. The molecule has 3 saturated carbocycles. The second kappa shape index (κ2) is 3.94. The highest BCUT2D eigenvalue weighted by molar-refractivity contribution is 5.99. The van der Waals surface area contributed by atoms with Gasteiger partial charge in [-0.05, 0) is 55.8 Å². The van der Waals surface area contributed by atoms with Gasteiger partial charge in [0.2, 0.25) is 0 Å². The molecule has 0 aromatic rings. The smallest absolute Gasteiger partial charge is 0.147 e. The van der Waals surface area contributed by atoms with Crippen molar-refractivity contribution in [1.82, 2.24) is 0 Å². The quantitative estimate of drug-likeness (QED) is 0.624. The molecule has 0 amide bonds. The molecule has 4 rings (SSSR count). The summed E-state index contributed by atoms with van der Waals surface area (Å²) in [4.78, 5) is 25.4. The third-order valence-electron chi connectivity index (χ3n) is 8.61. The molecule has 4 aliphatic rings. The molecule has 2 bridgehead atoms. The van der Waals surface area contributed by atoms with Gasteiger partial charge < -0.3 is 0 Å². The van der Waals surface area contributed by atoms with E-state index in [1.165, 1.54) is 11.1 Å². The molecule has 4 aliphatic carbocycles. The highest BCUT2D eigenvalue weighted by Crippen LogP contribution is 2.75. The van der Waals surface area contributed by atoms with Crippen molar-refractivity contribution in [3.8, 4) is 0 Å². The van der Waals surface area contributed by atoms with Crippen LogP contribution in [0, 0.1) is 34.0 Å². The number of ketones is 2. The lowest BCUT2D eigenvalue weighted by Crippen LogP contribution is -2.56. The average Bonchev–Trinajstić information content (AvgIpc) is 2.55. The van der Waals surface area contributed by atoms with Crippen molar-refractivity contribution in [1.29, 1.82) is 0 Å². The third-order valence-corrected chi connectivity index (χ3v) is 8.61. The predicted octanol–water partition coefficient (Wildman–Crippen LogP) is 4.33. The van der Waals surface area contributed by atoms with Crippen LogP contribution >= 0.6 is 0 Å². The first-order valence-corrected chi connectivity index (χ1v) is 8.92. The molecule has 0 saturated heterocycles. The average molecular weight is 300 g/mol. The summed E-state index contributed by atoms with van der Waals surface area (Å²) in [5.41, 5.74) is 2.79. The van der Waals surface area contributed by atoms with Crippen LogP contribution in [0.3, 0.4) is 0 Å². The standard InChI is InChI=1S/C20H28O2/c1-11-6-7-20-12(2)8-15(21)14(18(20,3)4)9-16(20)19(5)13(11)10-17(19)22/h12,14,16H,6-10H2,1-5H3/t12?,14-,16?,19?,20-/m0/s1. The van der Waals surface area contributed by atoms with Crippen molar-refractivity contribution in [2.75, 3.05) is 0 Å². The Balaban J connectivity index is 1.95. The van der Waals surface area contributed by atoms with E-state index >= 15 is 0 Å². The van der Waals surface area contributed by atoms with Crippen molar-refractivity contribution < 1.29 is 9.59 Å². The van der Waals surface area contributed by atoms with Gasteiger partial charge in [0.1, 0.15) is 11.6 Å². The van der Waals surface area contributed by atoms with E-state index in [1.54, 1.807) is 0 Å². The van der Waals surface area contributed by atoms with Crippen LogP contribution < -0.4 is 0 Å². The Bertz CT molecular complexity index is 626. The molecule has 0 N–H and O–H groups in total. The summed E-state index contributed by atoms with van der Waals surface area (Å²) < 4.78 is 0. The number of Topliss-reactive ketones (excluding diaryl/α,β-unsaturated/α-hetero) is 2. The second-order valence-electron chi connectivity index (χ2n) is 9.24. The fourth-order valence-electron chi connectivity index (χ4n) is 7.28. The number of hydrogen-bond donors (Lipinski definition) is 0. The fourth-order valence-corrected chi connectivity index (χ4v) is 7.28. The van der Waals surface area contributed by atoms with E-state index in [2.05, 4.69) is 34.6 Å². The summed E-state index contributed by atoms with van der Waals surface area (Å²) in [5, 5.41) is 0. The Kier molecular flexibility index (Phi) is 2.62. The van der Waals surface area contributed by atoms with Gasteiger partial charge in [0.15, 0.2) is 0 Å². The Morgan fingerprint density at radius 3 is 2.45 bits per heavy atom. The zero-order valence-corrected chi connectivity index (χ0v) is 14.6. The molecule has 2 nitrogen and oxygen atoms in total. The maximum atomic E-state index is 12.7. The highest BCUT2D eigenvalue weighted by atomic mass is 16.1. The molecule has 22 heavy (non-hydrogen) atoms. The molecule has 120 valence electrons. The molecular weight excluding hydrogens is 272 g/mol. The van der Waals surface area contributed by atoms with E-state index in [0.29, 0.717) is 29.8 Å². The number of allylic oxidation sites excluding steroid dienone is 2. The van der Waals surface area contributed by atoms with E-state index in [0.717, 1.165) is 25.7 Å². The van der Waals surface area contributed by atoms with Crippen molar-refractivity contribution >= 4 is 11.6 Å². The maximum absolute atomic E-state index is 12.7. The van der Waals surface area contributed by atoms with Gasteiger partial charge in [0, 0.05) is 18.8 Å². The number of rotatable bonds is 0. The normalized spacial score (nSPS) is 49.4. The van der Waals surface area contributed by atoms with Crippen LogP contribution in [0.1, 0.15) is 66.7 Å². The van der Waals surface area contributed by atoms with Crippen LogP contribution in [0.4, 0.5) is 0 Å². The van der Waals surface area contributed by atoms with Gasteiger partial charge in [0.25, 0.3) is 0 Å². The minimum Gasteiger partial charge on any atom is -0.299 e. The molecule has 3 unspecified atom stereocenters. The van der Waals surface area contributed by atoms with Crippen LogP contribution in [-0.2, 0) is 9.59 Å². The summed E-state index contributed by atoms with van der Waals surface area (Å²) >= 11 is 0. The van der Waals surface area contributed by atoms with E-state index in [9.17, 15) is 9.59 Å². The molecule has 5 atom stereocenters. The van der Waals surface area contributed by atoms with Gasteiger partial charge in [-0.1, -0.05) is 31.9 Å². The zero-order chi connectivity index (χ0) is 16.1. The van der Waals surface area contributed by atoms with Crippen LogP contribution in [0.2, 0.25) is 0 Å². The first kappa shape index (κ1) is 14.7. The summed E-state index contributed by atoms with van der Waals surface area (Å²) in [6, 6.07) is 0. The minimum atomic E-state index is -0.272. The molecule has 3 fully saturated rings. The maximum Gasteiger partial charge on any atom is 0.147 e. The van der Waals surface area contributed by atoms with Crippen LogP contribution in [0.5, 0.6) is 0 Å². The lowest BCUT2D eigenvalue weighted by Gasteiger charge is -2.58. The van der Waals surface area contributed by atoms with Gasteiger partial charge in [0.05, 0.1) is 5.41 Å². The molecule has 0 aromatic carbocycles. The fraction of sp³-hybridized carbons (Fsp3) is 0.800. The Labute approximate surface area is 133 Å². The van der Waals surface area contributed by atoms with Crippen molar-refractivity contribution in [2.24, 2.45) is 34.0 Å². The molecule has 1 spiro atoms.